The Kier molecular flexibility index (Phi) is 4.71. The van der Waals surface area contributed by atoms with Crippen molar-refractivity contribution in [1.82, 2.24) is 24.7 Å². The van der Waals surface area contributed by atoms with E-state index < -0.39 is 0 Å². The largest absolute Gasteiger partial charge is 0.271 e. The Bertz CT molecular complexity index is 999. The van der Waals surface area contributed by atoms with Crippen LogP contribution in [-0.2, 0) is 13.0 Å². The molecule has 3 heterocycles. The Labute approximate surface area is 156 Å². The molecule has 0 saturated carbocycles. The van der Waals surface area contributed by atoms with Crippen molar-refractivity contribution in [1.29, 1.82) is 0 Å². The van der Waals surface area contributed by atoms with E-state index in [-0.39, 0.29) is 5.28 Å². The zero-order valence-corrected chi connectivity index (χ0v) is 14.7. The van der Waals surface area contributed by atoms with E-state index >= 15 is 0 Å². The molecule has 4 rings (SSSR count). The highest BCUT2D eigenvalue weighted by Gasteiger charge is 2.15. The Morgan fingerprint density at radius 2 is 1.85 bits per heavy atom. The van der Waals surface area contributed by atoms with E-state index in [0.29, 0.717) is 0 Å². The van der Waals surface area contributed by atoms with Crippen LogP contribution < -0.4 is 0 Å². The summed E-state index contributed by atoms with van der Waals surface area (Å²) in [5.41, 5.74) is 4.71. The van der Waals surface area contributed by atoms with Gasteiger partial charge in [-0.25, -0.2) is 9.97 Å². The summed E-state index contributed by atoms with van der Waals surface area (Å²) in [6.45, 7) is 0.774. The van der Waals surface area contributed by atoms with E-state index in [1.54, 1.807) is 18.6 Å². The summed E-state index contributed by atoms with van der Waals surface area (Å²) >= 11 is 5.98. The predicted octanol–water partition coefficient (Wildman–Crippen LogP) is 4.30. The van der Waals surface area contributed by atoms with Gasteiger partial charge in [0.2, 0.25) is 5.28 Å². The number of aryl methyl sites for hydroxylation is 2. The van der Waals surface area contributed by atoms with Gasteiger partial charge in [0.25, 0.3) is 0 Å². The molecule has 26 heavy (non-hydrogen) atoms. The summed E-state index contributed by atoms with van der Waals surface area (Å²) < 4.78 is 1.95. The molecule has 0 N–H and O–H groups in total. The van der Waals surface area contributed by atoms with Crippen LogP contribution in [0.5, 0.6) is 0 Å². The van der Waals surface area contributed by atoms with Gasteiger partial charge < -0.3 is 0 Å². The van der Waals surface area contributed by atoms with E-state index in [4.69, 9.17) is 16.7 Å². The summed E-state index contributed by atoms with van der Waals surface area (Å²) in [7, 11) is 0. The number of benzene rings is 1. The zero-order valence-electron chi connectivity index (χ0n) is 14.0. The van der Waals surface area contributed by atoms with Gasteiger partial charge in [0, 0.05) is 42.5 Å². The second-order valence-corrected chi connectivity index (χ2v) is 6.18. The van der Waals surface area contributed by atoms with E-state index in [9.17, 15) is 0 Å². The van der Waals surface area contributed by atoms with Crippen LogP contribution in [0.3, 0.4) is 0 Å². The van der Waals surface area contributed by atoms with E-state index in [1.165, 1.54) is 5.56 Å². The number of halogens is 1. The Morgan fingerprint density at radius 3 is 2.62 bits per heavy atom. The second-order valence-electron chi connectivity index (χ2n) is 5.84. The molecule has 0 saturated heterocycles. The van der Waals surface area contributed by atoms with Gasteiger partial charge in [-0.05, 0) is 41.8 Å². The maximum Gasteiger partial charge on any atom is 0.222 e. The number of nitrogens with zero attached hydrogens (tertiary/aromatic N) is 5. The Hall–Kier alpha value is -3.05. The quantitative estimate of drug-likeness (QED) is 0.497. The highest BCUT2D eigenvalue weighted by molar-refractivity contribution is 6.28. The maximum atomic E-state index is 5.98. The van der Waals surface area contributed by atoms with E-state index in [1.807, 2.05) is 47.3 Å². The van der Waals surface area contributed by atoms with Gasteiger partial charge >= 0.3 is 0 Å². The highest BCUT2D eigenvalue weighted by atomic mass is 35.5. The smallest absolute Gasteiger partial charge is 0.222 e. The van der Waals surface area contributed by atoms with Gasteiger partial charge in [0.1, 0.15) is 5.69 Å². The Morgan fingerprint density at radius 1 is 0.962 bits per heavy atom. The first-order valence-corrected chi connectivity index (χ1v) is 8.68. The van der Waals surface area contributed by atoms with Crippen molar-refractivity contribution in [2.24, 2.45) is 0 Å². The van der Waals surface area contributed by atoms with Crippen LogP contribution in [0, 0.1) is 0 Å². The molecule has 3 aromatic heterocycles. The summed E-state index contributed by atoms with van der Waals surface area (Å²) in [6, 6.07) is 16.1. The van der Waals surface area contributed by atoms with Crippen LogP contribution in [0.1, 0.15) is 5.56 Å². The number of hydrogen-bond acceptors (Lipinski definition) is 4. The van der Waals surface area contributed by atoms with Crippen molar-refractivity contribution >= 4 is 11.6 Å². The lowest BCUT2D eigenvalue weighted by Crippen LogP contribution is -2.01. The second kappa shape index (κ2) is 7.45. The first-order valence-electron chi connectivity index (χ1n) is 8.30. The topological polar surface area (TPSA) is 56.5 Å². The summed E-state index contributed by atoms with van der Waals surface area (Å²) in [4.78, 5) is 12.5. The number of aromatic nitrogens is 5. The van der Waals surface area contributed by atoms with Crippen molar-refractivity contribution in [2.75, 3.05) is 0 Å². The van der Waals surface area contributed by atoms with Crippen LogP contribution in [0.2, 0.25) is 5.28 Å². The lowest BCUT2D eigenvalue weighted by molar-refractivity contribution is 0.617. The third-order valence-electron chi connectivity index (χ3n) is 4.07. The number of pyridine rings is 1. The monoisotopic (exact) mass is 361 g/mol. The Balaban J connectivity index is 1.70. The molecule has 0 amide bonds. The van der Waals surface area contributed by atoms with Crippen molar-refractivity contribution in [2.45, 2.75) is 13.0 Å². The molecule has 1 aromatic carbocycles. The minimum atomic E-state index is 0.219. The number of rotatable bonds is 5. The molecule has 0 bridgehead atoms. The van der Waals surface area contributed by atoms with Crippen LogP contribution in [0.4, 0.5) is 0 Å². The van der Waals surface area contributed by atoms with E-state index in [0.717, 1.165) is 35.5 Å². The molecule has 6 heteroatoms. The minimum Gasteiger partial charge on any atom is -0.271 e. The van der Waals surface area contributed by atoms with Crippen LogP contribution >= 0.6 is 11.6 Å². The molecule has 0 aliphatic rings. The molecule has 5 nitrogen and oxygen atoms in total. The molecule has 0 aliphatic heterocycles. The van der Waals surface area contributed by atoms with Gasteiger partial charge in [-0.2, -0.15) is 5.10 Å². The molecule has 0 aliphatic carbocycles. The lowest BCUT2D eigenvalue weighted by atomic mass is 10.1. The van der Waals surface area contributed by atoms with Crippen molar-refractivity contribution < 1.29 is 0 Å². The standard InChI is InChI=1S/C20H16ClN5/c21-20-23-11-8-18(24-20)17-14-26(12-9-15-5-2-1-3-6-15)25-19(17)16-7-4-10-22-13-16/h1-8,10-11,13-14H,9,12H2. The fourth-order valence-corrected chi connectivity index (χ4v) is 2.96. The molecular weight excluding hydrogens is 346 g/mol. The van der Waals surface area contributed by atoms with Gasteiger partial charge in [-0.3, -0.25) is 9.67 Å². The average molecular weight is 362 g/mol. The SMILES string of the molecule is Clc1nccc(-c2cn(CCc3ccccc3)nc2-c2cccnc2)n1. The molecule has 128 valence electrons. The molecule has 0 radical (unpaired) electrons. The van der Waals surface area contributed by atoms with Crippen LogP contribution in [0.25, 0.3) is 22.5 Å². The summed E-state index contributed by atoms with van der Waals surface area (Å²) in [5.74, 6) is 0. The summed E-state index contributed by atoms with van der Waals surface area (Å²) in [6.07, 6.45) is 8.11. The molecule has 0 unspecified atom stereocenters. The third kappa shape index (κ3) is 3.63. The third-order valence-corrected chi connectivity index (χ3v) is 4.25. The molecule has 0 spiro atoms. The summed E-state index contributed by atoms with van der Waals surface area (Å²) in [5, 5.41) is 4.99. The van der Waals surface area contributed by atoms with Gasteiger partial charge in [0.15, 0.2) is 0 Å². The normalized spacial score (nSPS) is 10.8. The van der Waals surface area contributed by atoms with Crippen molar-refractivity contribution in [3.63, 3.8) is 0 Å². The predicted molar refractivity (Wildman–Crippen MR) is 102 cm³/mol. The lowest BCUT2D eigenvalue weighted by Gasteiger charge is -2.02. The van der Waals surface area contributed by atoms with Crippen LogP contribution in [-0.4, -0.2) is 24.7 Å². The fourth-order valence-electron chi connectivity index (χ4n) is 2.81. The molecule has 0 atom stereocenters. The van der Waals surface area contributed by atoms with Gasteiger partial charge in [-0.15, -0.1) is 0 Å². The number of hydrogen-bond donors (Lipinski definition) is 0. The molecule has 0 fully saturated rings. The molecule has 4 aromatic rings. The minimum absolute atomic E-state index is 0.219. The van der Waals surface area contributed by atoms with E-state index in [2.05, 4.69) is 27.1 Å². The van der Waals surface area contributed by atoms with Crippen molar-refractivity contribution in [3.8, 4) is 22.5 Å². The molecular formula is C20H16ClN5. The first-order chi connectivity index (χ1) is 12.8. The van der Waals surface area contributed by atoms with Gasteiger partial charge in [0.05, 0.1) is 5.69 Å². The highest BCUT2D eigenvalue weighted by Crippen LogP contribution is 2.29. The van der Waals surface area contributed by atoms with Gasteiger partial charge in [-0.1, -0.05) is 30.3 Å². The van der Waals surface area contributed by atoms with Crippen molar-refractivity contribution in [3.05, 3.63) is 84.2 Å². The van der Waals surface area contributed by atoms with Crippen LogP contribution in [0.15, 0.2) is 73.3 Å². The first kappa shape index (κ1) is 16.4. The average Bonchev–Trinajstić information content (AvgIpc) is 3.12. The maximum absolute atomic E-state index is 5.98. The zero-order chi connectivity index (χ0) is 17.8. The fraction of sp³-hybridized carbons (Fsp3) is 0.100.